The minimum absolute atomic E-state index is 0.00574. The van der Waals surface area contributed by atoms with Crippen LogP contribution in [0.2, 0.25) is 5.02 Å². The number of hydrogen-bond donors (Lipinski definition) is 1. The lowest BCUT2D eigenvalue weighted by Crippen LogP contribution is -2.52. The number of sulfonamides is 1. The fourth-order valence-corrected chi connectivity index (χ4v) is 5.34. The number of para-hydroxylation sites is 1. The number of anilines is 1. The van der Waals surface area contributed by atoms with Gasteiger partial charge in [0.1, 0.15) is 12.6 Å². The van der Waals surface area contributed by atoms with Crippen molar-refractivity contribution in [2.24, 2.45) is 0 Å². The molecule has 0 saturated carbocycles. The van der Waals surface area contributed by atoms with Gasteiger partial charge in [-0.2, -0.15) is 0 Å². The molecule has 0 saturated heterocycles. The standard InChI is InChI=1S/C29H34ClN3O4S/c1-5-22(3)31-29(35)23(4)32(19-24-13-11-21(2)12-14-24)28(34)20-33(26-9-7-6-8-10-26)38(36,37)27-17-15-25(30)16-18-27/h6-18,22-23H,5,19-20H2,1-4H3,(H,31,35). The molecule has 0 aliphatic carbocycles. The molecule has 38 heavy (non-hydrogen) atoms. The summed E-state index contributed by atoms with van der Waals surface area (Å²) in [5.41, 5.74) is 2.24. The molecule has 3 aromatic rings. The first kappa shape index (κ1) is 29.2. The first-order valence-electron chi connectivity index (χ1n) is 12.5. The monoisotopic (exact) mass is 555 g/mol. The molecule has 2 atom stereocenters. The number of hydrogen-bond acceptors (Lipinski definition) is 4. The van der Waals surface area contributed by atoms with Crippen molar-refractivity contribution in [3.05, 3.63) is 95.0 Å². The first-order chi connectivity index (χ1) is 18.0. The highest BCUT2D eigenvalue weighted by atomic mass is 35.5. The van der Waals surface area contributed by atoms with Gasteiger partial charge in [-0.05, 0) is 69.2 Å². The maximum Gasteiger partial charge on any atom is 0.264 e. The van der Waals surface area contributed by atoms with Crippen molar-refractivity contribution >= 4 is 39.1 Å². The molecule has 202 valence electrons. The highest BCUT2D eigenvalue weighted by Crippen LogP contribution is 2.25. The second kappa shape index (κ2) is 12.9. The molecule has 7 nitrogen and oxygen atoms in total. The number of halogens is 1. The number of rotatable bonds is 11. The number of carbonyl (C=O) groups is 2. The summed E-state index contributed by atoms with van der Waals surface area (Å²) in [6.07, 6.45) is 0.742. The summed E-state index contributed by atoms with van der Waals surface area (Å²) in [6.45, 7) is 7.15. The van der Waals surface area contributed by atoms with Crippen molar-refractivity contribution in [1.82, 2.24) is 10.2 Å². The van der Waals surface area contributed by atoms with Crippen molar-refractivity contribution in [1.29, 1.82) is 0 Å². The summed E-state index contributed by atoms with van der Waals surface area (Å²) < 4.78 is 28.5. The van der Waals surface area contributed by atoms with Gasteiger partial charge < -0.3 is 10.2 Å². The normalized spacial score (nSPS) is 12.9. The number of benzene rings is 3. The molecule has 0 aromatic heterocycles. The summed E-state index contributed by atoms with van der Waals surface area (Å²) in [5.74, 6) is -0.801. The van der Waals surface area contributed by atoms with Crippen LogP contribution in [0, 0.1) is 6.92 Å². The van der Waals surface area contributed by atoms with Gasteiger partial charge in [0, 0.05) is 17.6 Å². The Hall–Kier alpha value is -3.36. The number of aryl methyl sites for hydroxylation is 1. The zero-order valence-electron chi connectivity index (χ0n) is 22.1. The van der Waals surface area contributed by atoms with Gasteiger partial charge in [-0.3, -0.25) is 13.9 Å². The fraction of sp³-hybridized carbons (Fsp3) is 0.310. The van der Waals surface area contributed by atoms with Crippen molar-refractivity contribution in [3.63, 3.8) is 0 Å². The van der Waals surface area contributed by atoms with E-state index in [4.69, 9.17) is 11.6 Å². The Morgan fingerprint density at radius 1 is 0.921 bits per heavy atom. The maximum absolute atomic E-state index is 13.9. The molecule has 0 aliphatic heterocycles. The van der Waals surface area contributed by atoms with E-state index in [-0.39, 0.29) is 23.4 Å². The van der Waals surface area contributed by atoms with Crippen LogP contribution in [0.1, 0.15) is 38.3 Å². The highest BCUT2D eigenvalue weighted by Gasteiger charge is 2.32. The molecule has 0 fully saturated rings. The summed E-state index contributed by atoms with van der Waals surface area (Å²) in [6, 6.07) is 21.0. The van der Waals surface area contributed by atoms with Crippen LogP contribution in [0.4, 0.5) is 5.69 Å². The Balaban J connectivity index is 1.99. The molecule has 3 aromatic carbocycles. The van der Waals surface area contributed by atoms with Crippen molar-refractivity contribution in [3.8, 4) is 0 Å². The van der Waals surface area contributed by atoms with Crippen LogP contribution in [-0.4, -0.2) is 43.8 Å². The Bertz CT molecular complexity index is 1330. The van der Waals surface area contributed by atoms with Crippen LogP contribution in [0.25, 0.3) is 0 Å². The lowest BCUT2D eigenvalue weighted by molar-refractivity contribution is -0.139. The molecular formula is C29H34ClN3O4S. The third kappa shape index (κ3) is 7.36. The van der Waals surface area contributed by atoms with Gasteiger partial charge in [-0.15, -0.1) is 0 Å². The van der Waals surface area contributed by atoms with Crippen molar-refractivity contribution in [2.45, 2.75) is 57.6 Å². The predicted molar refractivity (Wildman–Crippen MR) is 152 cm³/mol. The van der Waals surface area contributed by atoms with Gasteiger partial charge in [-0.1, -0.05) is 66.6 Å². The van der Waals surface area contributed by atoms with Gasteiger partial charge >= 0.3 is 0 Å². The zero-order chi connectivity index (χ0) is 27.9. The summed E-state index contributed by atoms with van der Waals surface area (Å²) in [7, 11) is -4.12. The molecule has 0 bridgehead atoms. The van der Waals surface area contributed by atoms with E-state index in [2.05, 4.69) is 5.32 Å². The molecule has 0 spiro atoms. The van der Waals surface area contributed by atoms with E-state index in [1.54, 1.807) is 37.3 Å². The largest absolute Gasteiger partial charge is 0.352 e. The Labute approximate surface area is 230 Å². The molecule has 2 unspecified atom stereocenters. The molecular weight excluding hydrogens is 522 g/mol. The molecule has 0 radical (unpaired) electrons. The highest BCUT2D eigenvalue weighted by molar-refractivity contribution is 7.92. The first-order valence-corrected chi connectivity index (χ1v) is 14.3. The molecule has 1 N–H and O–H groups in total. The Kier molecular flexibility index (Phi) is 9.94. The lowest BCUT2D eigenvalue weighted by atomic mass is 10.1. The van der Waals surface area contributed by atoms with E-state index in [1.165, 1.54) is 29.2 Å². The predicted octanol–water partition coefficient (Wildman–Crippen LogP) is 5.18. The maximum atomic E-state index is 13.9. The van der Waals surface area contributed by atoms with Crippen LogP contribution in [-0.2, 0) is 26.2 Å². The smallest absolute Gasteiger partial charge is 0.264 e. The summed E-state index contributed by atoms with van der Waals surface area (Å²) in [4.78, 5) is 28.3. The molecule has 3 rings (SSSR count). The van der Waals surface area contributed by atoms with E-state index in [0.29, 0.717) is 10.7 Å². The molecule has 0 heterocycles. The fourth-order valence-electron chi connectivity index (χ4n) is 3.80. The molecule has 2 amide bonds. The van der Waals surface area contributed by atoms with Gasteiger partial charge in [0.05, 0.1) is 10.6 Å². The van der Waals surface area contributed by atoms with Crippen LogP contribution in [0.3, 0.4) is 0 Å². The van der Waals surface area contributed by atoms with E-state index in [1.807, 2.05) is 45.0 Å². The SMILES string of the molecule is CCC(C)NC(=O)C(C)N(Cc1ccc(C)cc1)C(=O)CN(c1ccccc1)S(=O)(=O)c1ccc(Cl)cc1. The van der Waals surface area contributed by atoms with Crippen LogP contribution >= 0.6 is 11.6 Å². The lowest BCUT2D eigenvalue weighted by Gasteiger charge is -2.32. The van der Waals surface area contributed by atoms with Crippen molar-refractivity contribution in [2.75, 3.05) is 10.8 Å². The van der Waals surface area contributed by atoms with Crippen LogP contribution in [0.5, 0.6) is 0 Å². The topological polar surface area (TPSA) is 86.8 Å². The number of amides is 2. The summed E-state index contributed by atoms with van der Waals surface area (Å²) >= 11 is 5.97. The van der Waals surface area contributed by atoms with E-state index in [0.717, 1.165) is 21.9 Å². The number of carbonyl (C=O) groups excluding carboxylic acids is 2. The zero-order valence-corrected chi connectivity index (χ0v) is 23.7. The van der Waals surface area contributed by atoms with E-state index >= 15 is 0 Å². The second-order valence-corrected chi connectivity index (χ2v) is 11.6. The number of nitrogens with one attached hydrogen (secondary N) is 1. The Morgan fingerprint density at radius 3 is 2.11 bits per heavy atom. The van der Waals surface area contributed by atoms with Gasteiger partial charge in [0.25, 0.3) is 10.0 Å². The van der Waals surface area contributed by atoms with Crippen molar-refractivity contribution < 1.29 is 18.0 Å². The second-order valence-electron chi connectivity index (χ2n) is 9.30. The third-order valence-electron chi connectivity index (χ3n) is 6.37. The molecule has 9 heteroatoms. The van der Waals surface area contributed by atoms with E-state index < -0.39 is 28.5 Å². The number of nitrogens with zero attached hydrogens (tertiary/aromatic N) is 2. The van der Waals surface area contributed by atoms with Gasteiger partial charge in [0.2, 0.25) is 11.8 Å². The Morgan fingerprint density at radius 2 is 1.53 bits per heavy atom. The third-order valence-corrected chi connectivity index (χ3v) is 8.41. The van der Waals surface area contributed by atoms with Crippen LogP contribution in [0.15, 0.2) is 83.8 Å². The van der Waals surface area contributed by atoms with Gasteiger partial charge in [-0.25, -0.2) is 8.42 Å². The van der Waals surface area contributed by atoms with E-state index in [9.17, 15) is 18.0 Å². The minimum atomic E-state index is -4.12. The average molecular weight is 556 g/mol. The summed E-state index contributed by atoms with van der Waals surface area (Å²) in [5, 5.41) is 3.33. The van der Waals surface area contributed by atoms with Crippen LogP contribution < -0.4 is 9.62 Å². The molecule has 0 aliphatic rings. The quantitative estimate of drug-likeness (QED) is 0.353. The minimum Gasteiger partial charge on any atom is -0.352 e. The van der Waals surface area contributed by atoms with Gasteiger partial charge in [0.15, 0.2) is 0 Å². The average Bonchev–Trinajstić information content (AvgIpc) is 2.91.